The van der Waals surface area contributed by atoms with Gasteiger partial charge < -0.3 is 10.0 Å². The molecule has 0 aliphatic heterocycles. The van der Waals surface area contributed by atoms with Crippen LogP contribution in [0.1, 0.15) is 13.3 Å². The minimum Gasteiger partial charge on any atom is -0.391 e. The van der Waals surface area contributed by atoms with Gasteiger partial charge in [-0.15, -0.1) is 11.6 Å². The highest BCUT2D eigenvalue weighted by Gasteiger charge is 2.09. The third-order valence-corrected chi connectivity index (χ3v) is 1.43. The number of hydrogen-bond donors (Lipinski definition) is 1. The van der Waals surface area contributed by atoms with Crippen molar-refractivity contribution in [3.05, 3.63) is 12.2 Å². The van der Waals surface area contributed by atoms with Crippen molar-refractivity contribution < 1.29 is 9.90 Å². The minimum atomic E-state index is -0.731. The van der Waals surface area contributed by atoms with Gasteiger partial charge >= 0.3 is 0 Å². The molecule has 84 valence electrons. The zero-order chi connectivity index (χ0) is 11.7. The Morgan fingerprint density at radius 1 is 1.50 bits per heavy atom. The van der Waals surface area contributed by atoms with Crippen molar-refractivity contribution >= 4 is 17.4 Å². The Morgan fingerprint density at radius 3 is 2.07 bits per heavy atom. The van der Waals surface area contributed by atoms with Crippen LogP contribution in [-0.4, -0.2) is 48.9 Å². The summed E-state index contributed by atoms with van der Waals surface area (Å²) in [4.78, 5) is 12.8. The predicted octanol–water partition coefficient (Wildman–Crippen LogP) is 1.30. The van der Waals surface area contributed by atoms with Crippen LogP contribution in [0, 0.1) is 0 Å². The maximum absolute atomic E-state index is 10.8. The molecule has 0 radical (unpaired) electrons. The van der Waals surface area contributed by atoms with Gasteiger partial charge in [0.25, 0.3) is 0 Å². The van der Waals surface area contributed by atoms with E-state index >= 15 is 0 Å². The fraction of sp³-hybridized carbons (Fsp3) is 0.700. The molecule has 0 aliphatic rings. The molecule has 0 fully saturated rings. The quantitative estimate of drug-likeness (QED) is 0.575. The van der Waals surface area contributed by atoms with Crippen LogP contribution in [0.3, 0.4) is 0 Å². The maximum Gasteiger partial charge on any atom is 0.160 e. The summed E-state index contributed by atoms with van der Waals surface area (Å²) in [6.45, 7) is 5.05. The molecule has 0 rings (SSSR count). The van der Waals surface area contributed by atoms with Crippen LogP contribution in [0.25, 0.3) is 0 Å². The Labute approximate surface area is 91.4 Å². The van der Waals surface area contributed by atoms with Crippen molar-refractivity contribution in [2.24, 2.45) is 0 Å². The van der Waals surface area contributed by atoms with E-state index in [2.05, 4.69) is 6.58 Å². The summed E-state index contributed by atoms with van der Waals surface area (Å²) in [6.07, 6.45) is -0.649. The van der Waals surface area contributed by atoms with Crippen molar-refractivity contribution in [1.29, 1.82) is 0 Å². The van der Waals surface area contributed by atoms with E-state index in [1.165, 1.54) is 0 Å². The second kappa shape index (κ2) is 9.19. The van der Waals surface area contributed by atoms with E-state index in [1.54, 1.807) is 6.92 Å². The Hall–Kier alpha value is -0.380. The summed E-state index contributed by atoms with van der Waals surface area (Å²) < 4.78 is 0. The Balaban J connectivity index is 0. The third kappa shape index (κ3) is 14.2. The lowest BCUT2D eigenvalue weighted by Gasteiger charge is -2.03. The zero-order valence-corrected chi connectivity index (χ0v) is 10.1. The Morgan fingerprint density at radius 2 is 1.86 bits per heavy atom. The molecule has 0 aromatic rings. The standard InChI is InChI=1S/C7H11ClO2.C3H9N/c1-5(2)7(10)3-6(9)4-8;1-4(2)3/h6,9H,1,3-4H2,2H3;1-3H3. The van der Waals surface area contributed by atoms with E-state index in [0.717, 1.165) is 0 Å². The van der Waals surface area contributed by atoms with Crippen LogP contribution in [-0.2, 0) is 4.79 Å². The highest BCUT2D eigenvalue weighted by molar-refractivity contribution is 6.18. The maximum atomic E-state index is 10.8. The summed E-state index contributed by atoms with van der Waals surface area (Å²) in [5, 5.41) is 8.88. The Kier molecular flexibility index (Phi) is 10.5. The number of allylic oxidation sites excluding steroid dienone is 1. The van der Waals surface area contributed by atoms with Gasteiger partial charge in [-0.1, -0.05) is 6.58 Å². The number of hydrogen-bond acceptors (Lipinski definition) is 3. The molecular weight excluding hydrogens is 202 g/mol. The number of aliphatic hydroxyl groups excluding tert-OH is 1. The summed E-state index contributed by atoms with van der Waals surface area (Å²) in [6, 6.07) is 0. The molecule has 4 heteroatoms. The summed E-state index contributed by atoms with van der Waals surface area (Å²) in [5.74, 6) is -0.0351. The monoisotopic (exact) mass is 221 g/mol. The van der Waals surface area contributed by atoms with Crippen molar-refractivity contribution in [1.82, 2.24) is 4.90 Å². The molecule has 0 amide bonds. The predicted molar refractivity (Wildman–Crippen MR) is 60.8 cm³/mol. The number of aliphatic hydroxyl groups is 1. The van der Waals surface area contributed by atoms with Crippen LogP contribution in [0.4, 0.5) is 0 Å². The molecule has 1 unspecified atom stereocenters. The van der Waals surface area contributed by atoms with Crippen molar-refractivity contribution in [2.75, 3.05) is 27.0 Å². The van der Waals surface area contributed by atoms with Gasteiger partial charge in [0.05, 0.1) is 6.10 Å². The van der Waals surface area contributed by atoms with Crippen LogP contribution in [0.5, 0.6) is 0 Å². The van der Waals surface area contributed by atoms with E-state index in [9.17, 15) is 4.79 Å². The number of Topliss-reactive ketones (excluding diaryl/α,β-unsaturated/α-hetero) is 1. The van der Waals surface area contributed by atoms with Gasteiger partial charge in [-0.3, -0.25) is 4.79 Å². The lowest BCUT2D eigenvalue weighted by molar-refractivity contribution is -0.117. The SMILES string of the molecule is C=C(C)C(=O)CC(O)CCl.CN(C)C. The van der Waals surface area contributed by atoms with Gasteiger partial charge in [0.1, 0.15) is 0 Å². The molecule has 0 bridgehead atoms. The number of alkyl halides is 1. The average molecular weight is 222 g/mol. The van der Waals surface area contributed by atoms with Crippen molar-refractivity contribution in [2.45, 2.75) is 19.4 Å². The lowest BCUT2D eigenvalue weighted by Crippen LogP contribution is -2.14. The summed E-state index contributed by atoms with van der Waals surface area (Å²) in [5.41, 5.74) is 0.462. The fourth-order valence-corrected chi connectivity index (χ4v) is 0.552. The summed E-state index contributed by atoms with van der Waals surface area (Å²) >= 11 is 5.27. The molecule has 14 heavy (non-hydrogen) atoms. The first-order valence-corrected chi connectivity index (χ1v) is 4.88. The first-order chi connectivity index (χ1) is 6.31. The second-order valence-electron chi connectivity index (χ2n) is 3.56. The number of halogens is 1. The van der Waals surface area contributed by atoms with Crippen LogP contribution >= 0.6 is 11.6 Å². The molecule has 1 N–H and O–H groups in total. The van der Waals surface area contributed by atoms with E-state index < -0.39 is 6.10 Å². The lowest BCUT2D eigenvalue weighted by atomic mass is 10.1. The molecule has 0 aliphatic carbocycles. The highest BCUT2D eigenvalue weighted by atomic mass is 35.5. The van der Waals surface area contributed by atoms with Gasteiger partial charge in [-0.25, -0.2) is 0 Å². The molecular formula is C10H20ClNO2. The molecule has 0 heterocycles. The first-order valence-electron chi connectivity index (χ1n) is 4.34. The fourth-order valence-electron chi connectivity index (χ4n) is 0.443. The molecule has 0 aromatic carbocycles. The molecule has 0 spiro atoms. The van der Waals surface area contributed by atoms with Crippen LogP contribution in [0.15, 0.2) is 12.2 Å². The number of rotatable bonds is 4. The topological polar surface area (TPSA) is 40.5 Å². The van der Waals surface area contributed by atoms with Crippen molar-refractivity contribution in [3.63, 3.8) is 0 Å². The first kappa shape index (κ1) is 16.1. The van der Waals surface area contributed by atoms with Gasteiger partial charge in [0, 0.05) is 12.3 Å². The summed E-state index contributed by atoms with van der Waals surface area (Å²) in [7, 11) is 6.00. The van der Waals surface area contributed by atoms with Gasteiger partial charge in [-0.2, -0.15) is 0 Å². The van der Waals surface area contributed by atoms with E-state index in [-0.39, 0.29) is 18.1 Å². The van der Waals surface area contributed by atoms with E-state index in [1.807, 2.05) is 26.0 Å². The number of carbonyl (C=O) groups is 1. The number of nitrogens with zero attached hydrogens (tertiary/aromatic N) is 1. The number of ketones is 1. The normalized spacial score (nSPS) is 11.6. The van der Waals surface area contributed by atoms with E-state index in [4.69, 9.17) is 16.7 Å². The van der Waals surface area contributed by atoms with E-state index in [0.29, 0.717) is 5.57 Å². The van der Waals surface area contributed by atoms with Gasteiger partial charge in [0.15, 0.2) is 5.78 Å². The molecule has 0 aromatic heterocycles. The second-order valence-corrected chi connectivity index (χ2v) is 3.87. The third-order valence-electron chi connectivity index (χ3n) is 1.08. The zero-order valence-electron chi connectivity index (χ0n) is 9.38. The smallest absolute Gasteiger partial charge is 0.160 e. The molecule has 0 saturated heterocycles. The highest BCUT2D eigenvalue weighted by Crippen LogP contribution is 2.01. The molecule has 3 nitrogen and oxygen atoms in total. The van der Waals surface area contributed by atoms with Crippen LogP contribution < -0.4 is 0 Å². The van der Waals surface area contributed by atoms with Gasteiger partial charge in [0.2, 0.25) is 0 Å². The average Bonchev–Trinajstić information content (AvgIpc) is 2.02. The largest absolute Gasteiger partial charge is 0.391 e. The number of carbonyl (C=O) groups excluding carboxylic acids is 1. The van der Waals surface area contributed by atoms with Crippen molar-refractivity contribution in [3.8, 4) is 0 Å². The van der Waals surface area contributed by atoms with Crippen LogP contribution in [0.2, 0.25) is 0 Å². The van der Waals surface area contributed by atoms with Gasteiger partial charge in [-0.05, 0) is 33.6 Å². The molecule has 0 saturated carbocycles. The minimum absolute atomic E-state index is 0.0822. The Bertz CT molecular complexity index is 178. The molecule has 1 atom stereocenters.